The predicted molar refractivity (Wildman–Crippen MR) is 115 cm³/mol. The Morgan fingerprint density at radius 2 is 1.90 bits per heavy atom. The number of fused-ring (bicyclic) bond motifs is 1. The minimum atomic E-state index is -3.13. The lowest BCUT2D eigenvalue weighted by atomic mass is 10.1. The number of hydrogen-bond acceptors (Lipinski definition) is 5. The lowest BCUT2D eigenvalue weighted by molar-refractivity contribution is -0.123. The molecule has 0 spiro atoms. The summed E-state index contributed by atoms with van der Waals surface area (Å²) in [5.41, 5.74) is 0.815. The van der Waals surface area contributed by atoms with Crippen LogP contribution in [0.4, 0.5) is 4.39 Å². The van der Waals surface area contributed by atoms with E-state index in [2.05, 4.69) is 4.99 Å². The van der Waals surface area contributed by atoms with Crippen molar-refractivity contribution in [1.82, 2.24) is 4.90 Å². The van der Waals surface area contributed by atoms with Crippen LogP contribution in [-0.2, 0) is 21.2 Å². The Bertz CT molecular complexity index is 1060. The van der Waals surface area contributed by atoms with Gasteiger partial charge >= 0.3 is 0 Å². The van der Waals surface area contributed by atoms with Crippen molar-refractivity contribution in [1.29, 1.82) is 0 Å². The van der Waals surface area contributed by atoms with E-state index in [9.17, 15) is 17.6 Å². The first-order valence-electron chi connectivity index (χ1n) is 9.53. The van der Waals surface area contributed by atoms with Gasteiger partial charge in [-0.25, -0.2) is 12.8 Å². The molecule has 2 aromatic rings. The highest BCUT2D eigenvalue weighted by molar-refractivity contribution is 8.15. The minimum absolute atomic E-state index is 0.0230. The monoisotopic (exact) mass is 448 g/mol. The third-order valence-corrected chi connectivity index (χ3v) is 8.30. The topological polar surface area (TPSA) is 76.0 Å². The van der Waals surface area contributed by atoms with Crippen molar-refractivity contribution in [2.24, 2.45) is 4.99 Å². The molecule has 30 heavy (non-hydrogen) atoms. The molecule has 2 heterocycles. The van der Waals surface area contributed by atoms with E-state index in [0.717, 1.165) is 5.56 Å². The molecular weight excluding hydrogens is 427 g/mol. The number of amides is 1. The van der Waals surface area contributed by atoms with Gasteiger partial charge in [0.1, 0.15) is 11.6 Å². The van der Waals surface area contributed by atoms with Crippen LogP contribution in [0.2, 0.25) is 0 Å². The molecule has 0 bridgehead atoms. The molecule has 158 valence electrons. The van der Waals surface area contributed by atoms with Crippen LogP contribution in [0.5, 0.6) is 5.75 Å². The van der Waals surface area contributed by atoms with Crippen molar-refractivity contribution in [2.75, 3.05) is 11.5 Å². The maximum absolute atomic E-state index is 13.3. The number of carbonyl (C=O) groups excluding carboxylic acids is 1. The van der Waals surface area contributed by atoms with Gasteiger partial charge in [0.15, 0.2) is 21.1 Å². The third-order valence-electron chi connectivity index (χ3n) is 5.05. The number of para-hydroxylation sites is 1. The Hall–Kier alpha value is -2.39. The Balaban J connectivity index is 1.55. The largest absolute Gasteiger partial charge is 0.481 e. The standard InChI is InChI=1S/C21H21FN2O4S2/c1-14(28-17-5-3-2-4-6-17)20(25)23-21-24(11-15-7-9-16(22)10-8-15)18-12-30(26,27)13-19(18)29-21/h2-10,14,18-19H,11-13H2,1H3/t14-,18-,19+/m0/s1. The molecule has 0 radical (unpaired) electrons. The second kappa shape index (κ2) is 8.39. The lowest BCUT2D eigenvalue weighted by Crippen LogP contribution is -2.37. The summed E-state index contributed by atoms with van der Waals surface area (Å²) in [5.74, 6) is -0.121. The number of thioether (sulfide) groups is 1. The highest BCUT2D eigenvalue weighted by Gasteiger charge is 2.48. The number of carbonyl (C=O) groups is 1. The fourth-order valence-corrected chi connectivity index (χ4v) is 7.50. The molecular formula is C21H21FN2O4S2. The van der Waals surface area contributed by atoms with Crippen LogP contribution >= 0.6 is 11.8 Å². The van der Waals surface area contributed by atoms with Crippen LogP contribution in [0, 0.1) is 5.82 Å². The predicted octanol–water partition coefficient (Wildman–Crippen LogP) is 2.89. The van der Waals surface area contributed by atoms with Gasteiger partial charge in [-0.05, 0) is 36.8 Å². The van der Waals surface area contributed by atoms with E-state index in [0.29, 0.717) is 17.5 Å². The molecule has 1 amide bonds. The summed E-state index contributed by atoms with van der Waals surface area (Å²) in [4.78, 5) is 18.8. The van der Waals surface area contributed by atoms with Gasteiger partial charge in [0, 0.05) is 11.8 Å². The van der Waals surface area contributed by atoms with E-state index in [4.69, 9.17) is 4.74 Å². The maximum Gasteiger partial charge on any atom is 0.288 e. The fraction of sp³-hybridized carbons (Fsp3) is 0.333. The first kappa shape index (κ1) is 20.9. The summed E-state index contributed by atoms with van der Waals surface area (Å²) >= 11 is 1.31. The van der Waals surface area contributed by atoms with Crippen LogP contribution in [0.25, 0.3) is 0 Å². The Morgan fingerprint density at radius 1 is 1.20 bits per heavy atom. The molecule has 2 aliphatic rings. The van der Waals surface area contributed by atoms with Gasteiger partial charge < -0.3 is 9.64 Å². The Morgan fingerprint density at radius 3 is 2.60 bits per heavy atom. The zero-order valence-electron chi connectivity index (χ0n) is 16.3. The van der Waals surface area contributed by atoms with Gasteiger partial charge in [-0.15, -0.1) is 0 Å². The van der Waals surface area contributed by atoms with Crippen LogP contribution in [-0.4, -0.2) is 53.3 Å². The third kappa shape index (κ3) is 4.67. The SMILES string of the molecule is C[C@H](Oc1ccccc1)C(=O)N=C1S[C@@H]2CS(=O)(=O)C[C@@H]2N1Cc1ccc(F)cc1. The van der Waals surface area contributed by atoms with Crippen molar-refractivity contribution >= 4 is 32.7 Å². The first-order valence-corrected chi connectivity index (χ1v) is 12.2. The lowest BCUT2D eigenvalue weighted by Gasteiger charge is -2.24. The normalized spacial score (nSPS) is 24.6. The summed E-state index contributed by atoms with van der Waals surface area (Å²) in [5, 5.41) is 0.310. The molecule has 9 heteroatoms. The summed E-state index contributed by atoms with van der Waals surface area (Å²) in [6.07, 6.45) is -0.780. The van der Waals surface area contributed by atoms with E-state index in [1.54, 1.807) is 31.2 Å². The number of benzene rings is 2. The average Bonchev–Trinajstić information content (AvgIpc) is 3.16. The molecule has 3 atom stereocenters. The summed E-state index contributed by atoms with van der Waals surface area (Å²) in [6, 6.07) is 14.8. The first-order chi connectivity index (χ1) is 14.3. The van der Waals surface area contributed by atoms with E-state index in [1.807, 2.05) is 23.1 Å². The molecule has 0 unspecified atom stereocenters. The molecule has 2 aliphatic heterocycles. The second-order valence-electron chi connectivity index (χ2n) is 7.36. The number of nitrogens with zero attached hydrogens (tertiary/aromatic N) is 2. The zero-order chi connectivity index (χ0) is 21.3. The van der Waals surface area contributed by atoms with Crippen LogP contribution in [0.1, 0.15) is 12.5 Å². The molecule has 0 saturated carbocycles. The van der Waals surface area contributed by atoms with Crippen LogP contribution < -0.4 is 4.74 Å². The van der Waals surface area contributed by atoms with E-state index < -0.39 is 21.8 Å². The van der Waals surface area contributed by atoms with Crippen LogP contribution in [0.15, 0.2) is 59.6 Å². The number of amidine groups is 1. The van der Waals surface area contributed by atoms with Crippen molar-refractivity contribution in [3.05, 3.63) is 66.0 Å². The molecule has 0 aromatic heterocycles. The maximum atomic E-state index is 13.3. The molecule has 6 nitrogen and oxygen atoms in total. The zero-order valence-corrected chi connectivity index (χ0v) is 17.9. The van der Waals surface area contributed by atoms with Crippen LogP contribution in [0.3, 0.4) is 0 Å². The molecule has 2 fully saturated rings. The van der Waals surface area contributed by atoms with Crippen molar-refractivity contribution in [3.8, 4) is 5.75 Å². The Kier molecular flexibility index (Phi) is 5.84. The number of hydrogen-bond donors (Lipinski definition) is 0. The smallest absolute Gasteiger partial charge is 0.288 e. The van der Waals surface area contributed by atoms with Gasteiger partial charge in [-0.1, -0.05) is 42.1 Å². The quantitative estimate of drug-likeness (QED) is 0.700. The number of ether oxygens (including phenoxy) is 1. The number of rotatable bonds is 5. The van der Waals surface area contributed by atoms with Crippen molar-refractivity contribution in [2.45, 2.75) is 30.9 Å². The van der Waals surface area contributed by atoms with E-state index >= 15 is 0 Å². The molecule has 2 saturated heterocycles. The average molecular weight is 449 g/mol. The van der Waals surface area contributed by atoms with Gasteiger partial charge in [0.25, 0.3) is 5.91 Å². The van der Waals surface area contributed by atoms with E-state index in [1.165, 1.54) is 23.9 Å². The van der Waals surface area contributed by atoms with Crippen molar-refractivity contribution < 1.29 is 22.3 Å². The highest BCUT2D eigenvalue weighted by Crippen LogP contribution is 2.39. The molecule has 0 aliphatic carbocycles. The van der Waals surface area contributed by atoms with Crippen molar-refractivity contribution in [3.63, 3.8) is 0 Å². The number of sulfone groups is 1. The minimum Gasteiger partial charge on any atom is -0.481 e. The van der Waals surface area contributed by atoms with Gasteiger partial charge in [0.05, 0.1) is 17.5 Å². The van der Waals surface area contributed by atoms with Gasteiger partial charge in [0.2, 0.25) is 0 Å². The second-order valence-corrected chi connectivity index (χ2v) is 10.7. The summed E-state index contributed by atoms with van der Waals surface area (Å²) < 4.78 is 43.1. The highest BCUT2D eigenvalue weighted by atomic mass is 32.2. The number of aliphatic imine (C=N–C) groups is 1. The molecule has 2 aromatic carbocycles. The van der Waals surface area contributed by atoms with Gasteiger partial charge in [-0.3, -0.25) is 4.79 Å². The van der Waals surface area contributed by atoms with Gasteiger partial charge in [-0.2, -0.15) is 4.99 Å². The van der Waals surface area contributed by atoms with E-state index in [-0.39, 0.29) is 28.6 Å². The summed E-state index contributed by atoms with van der Waals surface area (Å²) in [6.45, 7) is 1.98. The summed E-state index contributed by atoms with van der Waals surface area (Å²) in [7, 11) is -3.13. The molecule has 4 rings (SSSR count). The molecule has 0 N–H and O–H groups in total. The number of halogens is 1. The fourth-order valence-electron chi connectivity index (χ4n) is 3.55. The Labute approximate surface area is 179 Å².